The minimum atomic E-state index is -2.61. The van der Waals surface area contributed by atoms with Crippen LogP contribution in [0, 0.1) is 0 Å². The van der Waals surface area contributed by atoms with Gasteiger partial charge in [-0.15, -0.1) is 0 Å². The van der Waals surface area contributed by atoms with Gasteiger partial charge in [-0.05, 0) is 78.5 Å². The molecule has 14 heteroatoms. The summed E-state index contributed by atoms with van der Waals surface area (Å²) >= 11 is 3.28. The SMILES string of the molecule is [2H]C([2H])([2H])n1cc(Br)cc(Nc2ccc(N3CCN(C4CCN(c5ccc6c(c5)C(=O)N(C5CCC(=O)NC5=O)C6=O)CC4)C[C@@H]3C)cn2)c1=O. The van der Waals surface area contributed by atoms with Crippen LogP contribution in [0.4, 0.5) is 22.9 Å². The van der Waals surface area contributed by atoms with Gasteiger partial charge in [0.2, 0.25) is 11.8 Å². The summed E-state index contributed by atoms with van der Waals surface area (Å²) < 4.78 is 24.0. The number of anilines is 4. The first-order chi connectivity index (χ1) is 24.3. The van der Waals surface area contributed by atoms with Crippen molar-refractivity contribution in [2.75, 3.05) is 47.8 Å². The molecule has 4 aliphatic rings. The molecule has 2 N–H and O–H groups in total. The Morgan fingerprint density at radius 3 is 2.42 bits per heavy atom. The highest BCUT2D eigenvalue weighted by Gasteiger charge is 2.45. The molecule has 3 saturated heterocycles. The lowest BCUT2D eigenvalue weighted by Gasteiger charge is -2.46. The van der Waals surface area contributed by atoms with Crippen LogP contribution in [0.15, 0.2) is 58.1 Å². The van der Waals surface area contributed by atoms with Gasteiger partial charge in [-0.1, -0.05) is 0 Å². The number of hydrogen-bond acceptors (Lipinski definition) is 10. The summed E-state index contributed by atoms with van der Waals surface area (Å²) in [6.45, 7) is 3.75. The summed E-state index contributed by atoms with van der Waals surface area (Å²) in [6.07, 6.45) is 5.09. The fraction of sp³-hybridized carbons (Fsp3) is 0.412. The first-order valence-corrected chi connectivity index (χ1v) is 16.8. The Bertz CT molecular complexity index is 1960. The molecule has 13 nitrogen and oxygen atoms in total. The van der Waals surface area contributed by atoms with E-state index >= 15 is 0 Å². The molecule has 2 aromatic heterocycles. The van der Waals surface area contributed by atoms with Gasteiger partial charge in [0.25, 0.3) is 17.4 Å². The van der Waals surface area contributed by atoms with Crippen LogP contribution in [0.2, 0.25) is 0 Å². The number of nitrogens with one attached hydrogen (secondary N) is 2. The van der Waals surface area contributed by atoms with Crippen LogP contribution < -0.4 is 26.0 Å². The van der Waals surface area contributed by atoms with Crippen molar-refractivity contribution in [3.63, 3.8) is 0 Å². The molecule has 4 aliphatic heterocycles. The number of piperazine rings is 1. The zero-order valence-electron chi connectivity index (χ0n) is 29.3. The highest BCUT2D eigenvalue weighted by molar-refractivity contribution is 9.10. The number of fused-ring (bicyclic) bond motifs is 1. The lowest BCUT2D eigenvalue weighted by atomic mass is 9.99. The van der Waals surface area contributed by atoms with E-state index in [1.54, 1.807) is 24.4 Å². The molecule has 6 heterocycles. The van der Waals surface area contributed by atoms with E-state index in [1.807, 2.05) is 12.1 Å². The molecule has 0 radical (unpaired) electrons. The quantitative estimate of drug-likeness (QED) is 0.366. The lowest BCUT2D eigenvalue weighted by Crippen LogP contribution is -2.57. The number of nitrogens with zero attached hydrogens (tertiary/aromatic N) is 6. The summed E-state index contributed by atoms with van der Waals surface area (Å²) in [5.41, 5.74) is 1.82. The van der Waals surface area contributed by atoms with Gasteiger partial charge in [0.1, 0.15) is 17.5 Å². The Balaban J connectivity index is 0.938. The molecule has 250 valence electrons. The molecule has 7 rings (SSSR count). The molecular weight excluding hydrogens is 680 g/mol. The number of piperidine rings is 2. The lowest BCUT2D eigenvalue weighted by molar-refractivity contribution is -0.136. The van der Waals surface area contributed by atoms with E-state index in [0.717, 1.165) is 61.8 Å². The van der Waals surface area contributed by atoms with Gasteiger partial charge in [0.15, 0.2) is 0 Å². The fourth-order valence-electron chi connectivity index (χ4n) is 7.25. The third-order valence-electron chi connectivity index (χ3n) is 9.75. The maximum atomic E-state index is 13.3. The molecule has 1 unspecified atom stereocenters. The van der Waals surface area contributed by atoms with E-state index in [9.17, 15) is 24.0 Å². The number of rotatable bonds is 6. The van der Waals surface area contributed by atoms with Crippen molar-refractivity contribution in [3.05, 3.63) is 74.7 Å². The van der Waals surface area contributed by atoms with Crippen molar-refractivity contribution >= 4 is 62.4 Å². The topological polar surface area (TPSA) is 140 Å². The maximum Gasteiger partial charge on any atom is 0.274 e. The summed E-state index contributed by atoms with van der Waals surface area (Å²) in [6, 6.07) is 10.2. The number of aryl methyl sites for hydroxylation is 1. The monoisotopic (exact) mass is 719 g/mol. The number of amides is 4. The van der Waals surface area contributed by atoms with Gasteiger partial charge >= 0.3 is 0 Å². The van der Waals surface area contributed by atoms with Gasteiger partial charge in [-0.25, -0.2) is 4.98 Å². The smallest absolute Gasteiger partial charge is 0.274 e. The molecule has 2 atom stereocenters. The first-order valence-electron chi connectivity index (χ1n) is 17.6. The third-order valence-corrected chi connectivity index (χ3v) is 10.2. The molecule has 4 amide bonds. The Morgan fingerprint density at radius 1 is 0.938 bits per heavy atom. The van der Waals surface area contributed by atoms with Crippen LogP contribution >= 0.6 is 15.9 Å². The number of benzene rings is 1. The highest BCUT2D eigenvalue weighted by Crippen LogP contribution is 2.33. The van der Waals surface area contributed by atoms with E-state index in [-0.39, 0.29) is 35.7 Å². The summed E-state index contributed by atoms with van der Waals surface area (Å²) in [5, 5.41) is 5.18. The van der Waals surface area contributed by atoms with Crippen molar-refractivity contribution in [1.29, 1.82) is 0 Å². The zero-order chi connectivity index (χ0) is 36.2. The molecule has 0 saturated carbocycles. The zero-order valence-corrected chi connectivity index (χ0v) is 27.9. The molecule has 0 spiro atoms. The fourth-order valence-corrected chi connectivity index (χ4v) is 7.69. The first kappa shape index (κ1) is 28.5. The Labute approximate surface area is 290 Å². The predicted molar refractivity (Wildman–Crippen MR) is 184 cm³/mol. The number of carbonyl (C=O) groups excluding carboxylic acids is 4. The van der Waals surface area contributed by atoms with E-state index in [1.165, 1.54) is 12.3 Å². The molecule has 0 aliphatic carbocycles. The molecule has 0 bridgehead atoms. The van der Waals surface area contributed by atoms with E-state index in [0.29, 0.717) is 20.9 Å². The van der Waals surface area contributed by atoms with Gasteiger partial charge < -0.3 is 19.7 Å². The molecule has 3 aromatic rings. The highest BCUT2D eigenvalue weighted by atomic mass is 79.9. The Hall–Kier alpha value is -4.56. The standard InChI is InChI=1S/C34H37BrN8O5/c1-20-18-41(13-14-42(20)24-4-7-29(36-17-24)37-27-15-21(35)19-39(2)34(27)48)22-9-11-40(12-10-22)23-3-5-25-26(16-23)33(47)43(32(25)46)28-6-8-30(44)38-31(28)45/h3-5,7,15-17,19-20,22,28H,6,8-14,18H2,1-2H3,(H,36,37)(H,38,44,45)/t20-,28?/m0/s1/i2D3. The average molecular weight is 721 g/mol. The van der Waals surface area contributed by atoms with Crippen LogP contribution in [-0.2, 0) is 16.6 Å². The minimum Gasteiger partial charge on any atom is -0.371 e. The second kappa shape index (κ2) is 12.8. The minimum absolute atomic E-state index is 0.0807. The normalized spacial score (nSPS) is 23.5. The summed E-state index contributed by atoms with van der Waals surface area (Å²) in [5.74, 6) is -1.60. The van der Waals surface area contributed by atoms with Crippen LogP contribution in [0.5, 0.6) is 0 Å². The molecular formula is C34H37BrN8O5. The number of pyridine rings is 2. The predicted octanol–water partition coefficient (Wildman–Crippen LogP) is 2.87. The number of carbonyl (C=O) groups is 4. The number of imide groups is 2. The van der Waals surface area contributed by atoms with Crippen molar-refractivity contribution < 1.29 is 23.3 Å². The third kappa shape index (κ3) is 5.98. The number of aromatic nitrogens is 2. The second-order valence-electron chi connectivity index (χ2n) is 12.7. The van der Waals surface area contributed by atoms with Crippen LogP contribution in [0.3, 0.4) is 0 Å². The van der Waals surface area contributed by atoms with E-state index < -0.39 is 42.2 Å². The summed E-state index contributed by atoms with van der Waals surface area (Å²) in [4.78, 5) is 75.8. The van der Waals surface area contributed by atoms with Crippen LogP contribution in [0.1, 0.15) is 57.4 Å². The van der Waals surface area contributed by atoms with Crippen molar-refractivity contribution in [1.82, 2.24) is 24.7 Å². The van der Waals surface area contributed by atoms with Crippen LogP contribution in [0.25, 0.3) is 0 Å². The Kier molecular flexibility index (Phi) is 7.59. The van der Waals surface area contributed by atoms with Crippen molar-refractivity contribution in [3.8, 4) is 0 Å². The largest absolute Gasteiger partial charge is 0.371 e. The average Bonchev–Trinajstić information content (AvgIpc) is 3.34. The van der Waals surface area contributed by atoms with Gasteiger partial charge in [0, 0.05) is 78.7 Å². The van der Waals surface area contributed by atoms with Gasteiger partial charge in [-0.3, -0.25) is 39.1 Å². The maximum absolute atomic E-state index is 13.3. The van der Waals surface area contributed by atoms with E-state index in [2.05, 4.69) is 53.2 Å². The Morgan fingerprint density at radius 2 is 1.71 bits per heavy atom. The van der Waals surface area contributed by atoms with Gasteiger partial charge in [0.05, 0.1) is 23.0 Å². The molecule has 3 fully saturated rings. The van der Waals surface area contributed by atoms with E-state index in [4.69, 9.17) is 4.11 Å². The number of halogens is 1. The van der Waals surface area contributed by atoms with Crippen molar-refractivity contribution in [2.24, 2.45) is 6.98 Å². The summed E-state index contributed by atoms with van der Waals surface area (Å²) in [7, 11) is 0. The second-order valence-corrected chi connectivity index (χ2v) is 13.6. The molecule has 48 heavy (non-hydrogen) atoms. The van der Waals surface area contributed by atoms with Gasteiger partial charge in [-0.2, -0.15) is 0 Å². The van der Waals surface area contributed by atoms with Crippen molar-refractivity contribution in [2.45, 2.75) is 50.7 Å². The number of hydrogen-bond donors (Lipinski definition) is 2. The van der Waals surface area contributed by atoms with Crippen LogP contribution in [-0.4, -0.2) is 93.8 Å². The molecule has 1 aromatic carbocycles.